The molecule has 9 nitrogen and oxygen atoms in total. The largest absolute Gasteiger partial charge is 0.486 e. The molecule has 184 valence electrons. The number of hydrogen-bond donors (Lipinski definition) is 2. The number of rotatable bonds is 7. The fourth-order valence-electron chi connectivity index (χ4n) is 3.68. The molecule has 0 amide bonds. The van der Waals surface area contributed by atoms with Crippen LogP contribution in [0.5, 0.6) is 11.5 Å². The van der Waals surface area contributed by atoms with E-state index in [2.05, 4.69) is 20.5 Å². The van der Waals surface area contributed by atoms with Crippen molar-refractivity contribution in [2.75, 3.05) is 18.5 Å². The number of halogens is 1. The van der Waals surface area contributed by atoms with Crippen molar-refractivity contribution in [3.63, 3.8) is 0 Å². The molecule has 0 aliphatic carbocycles. The Hall–Kier alpha value is -4.08. The van der Waals surface area contributed by atoms with Gasteiger partial charge in [-0.1, -0.05) is 53.1 Å². The molecule has 36 heavy (non-hydrogen) atoms. The number of oxime groups is 1. The maximum atomic E-state index is 11.5. The lowest BCUT2D eigenvalue weighted by Gasteiger charge is -2.19. The molecule has 3 aromatic carbocycles. The molecule has 1 aliphatic rings. The quantitative estimate of drug-likeness (QED) is 0.196. The molecule has 0 saturated carbocycles. The van der Waals surface area contributed by atoms with Crippen LogP contribution in [0.2, 0.25) is 5.02 Å². The lowest BCUT2D eigenvalue weighted by atomic mass is 10.0. The van der Waals surface area contributed by atoms with Gasteiger partial charge in [0.15, 0.2) is 29.0 Å². The molecule has 0 spiro atoms. The molecule has 2 N–H and O–H groups in total. The van der Waals surface area contributed by atoms with E-state index >= 15 is 0 Å². The Bertz CT molecular complexity index is 1450. The van der Waals surface area contributed by atoms with E-state index in [4.69, 9.17) is 25.6 Å². The van der Waals surface area contributed by atoms with E-state index in [1.807, 2.05) is 36.4 Å². The average molecular weight is 508 g/mol. The van der Waals surface area contributed by atoms with Crippen molar-refractivity contribution in [2.45, 2.75) is 19.4 Å². The van der Waals surface area contributed by atoms with Crippen molar-refractivity contribution in [3.05, 3.63) is 65.2 Å². The third kappa shape index (κ3) is 4.84. The van der Waals surface area contributed by atoms with E-state index in [0.717, 1.165) is 16.5 Å². The first-order valence-electron chi connectivity index (χ1n) is 11.3. The van der Waals surface area contributed by atoms with Gasteiger partial charge >= 0.3 is 5.97 Å². The monoisotopic (exact) mass is 507 g/mol. The van der Waals surface area contributed by atoms with Crippen LogP contribution in [0.25, 0.3) is 22.1 Å². The summed E-state index contributed by atoms with van der Waals surface area (Å²) in [5, 5.41) is 21.7. The lowest BCUT2D eigenvalue weighted by molar-refractivity contribution is -0.153. The number of aromatic nitrogens is 1. The van der Waals surface area contributed by atoms with Crippen LogP contribution in [0.1, 0.15) is 18.9 Å². The summed E-state index contributed by atoms with van der Waals surface area (Å²) in [5.74, 6) is 1.08. The highest BCUT2D eigenvalue weighted by atomic mass is 35.5. The number of benzene rings is 3. The fourth-order valence-corrected chi connectivity index (χ4v) is 3.96. The van der Waals surface area contributed by atoms with Crippen LogP contribution in [0.4, 0.5) is 11.5 Å². The molecule has 0 saturated heterocycles. The highest BCUT2D eigenvalue weighted by molar-refractivity contribution is 6.36. The molecule has 5 rings (SSSR count). The van der Waals surface area contributed by atoms with Crippen LogP contribution in [0.15, 0.2) is 64.3 Å². The minimum atomic E-state index is -1.20. The lowest BCUT2D eigenvalue weighted by Crippen LogP contribution is -2.20. The number of carbonyl (C=O) groups excluding carboxylic acids is 1. The van der Waals surface area contributed by atoms with Crippen LogP contribution < -0.4 is 14.8 Å². The number of hydrogen-bond acceptors (Lipinski definition) is 9. The first-order valence-corrected chi connectivity index (χ1v) is 11.7. The normalized spacial score (nSPS) is 13.6. The maximum Gasteiger partial charge on any atom is 0.363 e. The third-order valence-corrected chi connectivity index (χ3v) is 6.01. The summed E-state index contributed by atoms with van der Waals surface area (Å²) in [6, 6.07) is 16.7. The first-order chi connectivity index (χ1) is 17.5. The zero-order chi connectivity index (χ0) is 25.1. The number of fused-ring (bicyclic) bond motifs is 2. The van der Waals surface area contributed by atoms with Crippen LogP contribution in [0, 0.1) is 0 Å². The molecule has 0 bridgehead atoms. The summed E-state index contributed by atoms with van der Waals surface area (Å²) in [4.78, 5) is 16.2. The van der Waals surface area contributed by atoms with Crippen molar-refractivity contribution < 1.29 is 28.7 Å². The summed E-state index contributed by atoms with van der Waals surface area (Å²) in [5.41, 5.74) is 3.51. The van der Waals surface area contributed by atoms with Crippen LogP contribution >= 0.6 is 11.6 Å². The van der Waals surface area contributed by atoms with E-state index in [-0.39, 0.29) is 6.42 Å². The SMILES string of the molecule is CCC(O)C(=O)ON=Cc1ccc2c(Nc3cccc(-c4ccc5c(c4)OCCO5)c3Cl)noc2c1. The summed E-state index contributed by atoms with van der Waals surface area (Å²) in [6.07, 6.45) is 0.397. The number of ether oxygens (including phenoxy) is 2. The Morgan fingerprint density at radius 1 is 1.19 bits per heavy atom. The van der Waals surface area contributed by atoms with Crippen LogP contribution in [-0.2, 0) is 9.63 Å². The van der Waals surface area contributed by atoms with E-state index < -0.39 is 12.1 Å². The number of nitrogens with one attached hydrogen (secondary N) is 1. The molecule has 1 atom stereocenters. The van der Waals surface area contributed by atoms with Gasteiger partial charge in [0.25, 0.3) is 0 Å². The molecular weight excluding hydrogens is 486 g/mol. The number of aliphatic hydroxyl groups excluding tert-OH is 1. The average Bonchev–Trinajstić information content (AvgIpc) is 3.30. The number of nitrogens with zero attached hydrogens (tertiary/aromatic N) is 2. The zero-order valence-corrected chi connectivity index (χ0v) is 20.0. The fraction of sp³-hybridized carbons (Fsp3) is 0.192. The van der Waals surface area contributed by atoms with E-state index in [0.29, 0.717) is 52.4 Å². The number of aliphatic hydroxyl groups is 1. The highest BCUT2D eigenvalue weighted by Crippen LogP contribution is 2.40. The number of anilines is 2. The van der Waals surface area contributed by atoms with Gasteiger partial charge in [-0.05, 0) is 47.9 Å². The molecule has 4 aromatic rings. The Balaban J connectivity index is 1.35. The number of carbonyl (C=O) groups is 1. The minimum Gasteiger partial charge on any atom is -0.486 e. The molecule has 1 unspecified atom stereocenters. The molecule has 2 heterocycles. The molecule has 1 aliphatic heterocycles. The maximum absolute atomic E-state index is 11.5. The second-order valence-electron chi connectivity index (χ2n) is 8.01. The predicted molar refractivity (Wildman–Crippen MR) is 135 cm³/mol. The topological polar surface area (TPSA) is 115 Å². The minimum absolute atomic E-state index is 0.248. The highest BCUT2D eigenvalue weighted by Gasteiger charge is 2.17. The molecule has 0 fully saturated rings. The van der Waals surface area contributed by atoms with Gasteiger partial charge < -0.3 is 29.3 Å². The van der Waals surface area contributed by atoms with Gasteiger partial charge in [-0.3, -0.25) is 0 Å². The zero-order valence-electron chi connectivity index (χ0n) is 19.2. The molecule has 0 radical (unpaired) electrons. The Kier molecular flexibility index (Phi) is 6.75. The summed E-state index contributed by atoms with van der Waals surface area (Å²) in [7, 11) is 0. The third-order valence-electron chi connectivity index (χ3n) is 5.60. The Labute approximate surface area is 211 Å². The van der Waals surface area contributed by atoms with Gasteiger partial charge in [-0.15, -0.1) is 0 Å². The standard InChI is InChI=1S/C26H22ClN3O6/c1-2-20(31)26(32)36-28-14-15-6-8-18-22(12-15)35-30-25(18)29-19-5-3-4-17(24(19)27)16-7-9-21-23(13-16)34-11-10-33-21/h3-9,12-14,20,31H,2,10-11H2,1H3,(H,29,30). The molecule has 10 heteroatoms. The second kappa shape index (κ2) is 10.3. The van der Waals surface area contributed by atoms with Crippen molar-refractivity contribution >= 4 is 46.3 Å². The van der Waals surface area contributed by atoms with Gasteiger partial charge in [-0.2, -0.15) is 0 Å². The summed E-state index contributed by atoms with van der Waals surface area (Å²) < 4.78 is 16.8. The predicted octanol–water partition coefficient (Wildman–Crippen LogP) is 5.31. The van der Waals surface area contributed by atoms with Crippen LogP contribution in [-0.4, -0.2) is 41.8 Å². The van der Waals surface area contributed by atoms with Crippen LogP contribution in [0.3, 0.4) is 0 Å². The molecular formula is C26H22ClN3O6. The van der Waals surface area contributed by atoms with Gasteiger partial charge in [0.05, 0.1) is 22.3 Å². The molecule has 1 aromatic heterocycles. The van der Waals surface area contributed by atoms with Gasteiger partial charge in [0.1, 0.15) is 13.2 Å². The first kappa shape index (κ1) is 23.7. The van der Waals surface area contributed by atoms with E-state index in [9.17, 15) is 9.90 Å². The summed E-state index contributed by atoms with van der Waals surface area (Å²) >= 11 is 6.77. The Morgan fingerprint density at radius 2 is 2.03 bits per heavy atom. The van der Waals surface area contributed by atoms with Gasteiger partial charge in [-0.25, -0.2) is 4.79 Å². The van der Waals surface area contributed by atoms with Gasteiger partial charge in [0.2, 0.25) is 0 Å². The van der Waals surface area contributed by atoms with Crippen molar-refractivity contribution in [2.24, 2.45) is 5.16 Å². The Morgan fingerprint density at radius 3 is 2.86 bits per heavy atom. The summed E-state index contributed by atoms with van der Waals surface area (Å²) in [6.45, 7) is 2.70. The second-order valence-corrected chi connectivity index (χ2v) is 8.38. The smallest absolute Gasteiger partial charge is 0.363 e. The van der Waals surface area contributed by atoms with Crippen molar-refractivity contribution in [1.82, 2.24) is 5.16 Å². The van der Waals surface area contributed by atoms with Gasteiger partial charge in [0, 0.05) is 5.56 Å². The van der Waals surface area contributed by atoms with Crippen molar-refractivity contribution in [3.8, 4) is 22.6 Å². The van der Waals surface area contributed by atoms with E-state index in [1.54, 1.807) is 25.1 Å². The van der Waals surface area contributed by atoms with Crippen molar-refractivity contribution in [1.29, 1.82) is 0 Å². The van der Waals surface area contributed by atoms with E-state index in [1.165, 1.54) is 6.21 Å².